The van der Waals surface area contributed by atoms with Gasteiger partial charge in [-0.3, -0.25) is 9.82 Å². The van der Waals surface area contributed by atoms with Gasteiger partial charge in [0.2, 0.25) is 0 Å². The molecule has 3 aromatic carbocycles. The van der Waals surface area contributed by atoms with Gasteiger partial charge in [-0.2, -0.15) is 18.3 Å². The third-order valence-electron chi connectivity index (χ3n) is 4.52. The summed E-state index contributed by atoms with van der Waals surface area (Å²) in [5.74, 6) is -3.01. The minimum atomic E-state index is -5.08. The molecule has 14 heteroatoms. The molecule has 0 aliphatic rings. The number of rotatable bonds is 4. The van der Waals surface area contributed by atoms with Gasteiger partial charge in [-0.25, -0.2) is 17.6 Å². The highest BCUT2D eigenvalue weighted by Crippen LogP contribution is 2.31. The number of benzene rings is 3. The van der Waals surface area contributed by atoms with Crippen LogP contribution < -0.4 is 10.5 Å². The van der Waals surface area contributed by atoms with Crippen LogP contribution in [0.1, 0.15) is 0 Å². The number of aromatic amines is 1. The first-order valence-corrected chi connectivity index (χ1v) is 11.3. The zero-order valence-electron chi connectivity index (χ0n) is 17.3. The van der Waals surface area contributed by atoms with E-state index in [0.29, 0.717) is 22.2 Å². The maximum Gasteiger partial charge on any atom is 0.490 e. The number of carboxylic acid groups (broad SMARTS) is 1. The van der Waals surface area contributed by atoms with E-state index in [-0.39, 0.29) is 21.3 Å². The van der Waals surface area contributed by atoms with Crippen molar-refractivity contribution in [2.75, 3.05) is 10.5 Å². The maximum atomic E-state index is 14.8. The van der Waals surface area contributed by atoms with E-state index in [9.17, 15) is 26.0 Å². The Labute approximate surface area is 200 Å². The van der Waals surface area contributed by atoms with E-state index in [1.807, 2.05) is 0 Å². The van der Waals surface area contributed by atoms with E-state index in [2.05, 4.69) is 14.9 Å². The molecule has 1 aromatic heterocycles. The number of halogens is 5. The molecule has 0 spiro atoms. The van der Waals surface area contributed by atoms with Gasteiger partial charge in [0, 0.05) is 16.6 Å². The number of nitrogen functional groups attached to an aromatic ring is 1. The number of sulfonamides is 1. The largest absolute Gasteiger partial charge is 0.490 e. The Bertz CT molecular complexity index is 1490. The lowest BCUT2D eigenvalue weighted by atomic mass is 10.0. The molecule has 4 rings (SSSR count). The number of nitrogens with two attached hydrogens (primary N) is 1. The first-order chi connectivity index (χ1) is 16.3. The second-order valence-corrected chi connectivity index (χ2v) is 8.93. The van der Waals surface area contributed by atoms with Gasteiger partial charge in [0.05, 0.1) is 5.02 Å². The predicted molar refractivity (Wildman–Crippen MR) is 122 cm³/mol. The van der Waals surface area contributed by atoms with E-state index in [1.54, 1.807) is 48.5 Å². The molecule has 0 bridgehead atoms. The van der Waals surface area contributed by atoms with Crippen molar-refractivity contribution in [3.05, 3.63) is 71.5 Å². The molecule has 0 radical (unpaired) electrons. The van der Waals surface area contributed by atoms with E-state index in [4.69, 9.17) is 27.2 Å². The number of nitrogens with one attached hydrogen (secondary N) is 2. The van der Waals surface area contributed by atoms with Crippen LogP contribution in [-0.2, 0) is 14.8 Å². The normalized spacial score (nSPS) is 11.6. The molecule has 0 saturated carbocycles. The predicted octanol–water partition coefficient (Wildman–Crippen LogP) is 5.04. The molecular formula is C21H15ClF4N4O4S. The molecule has 1 heterocycles. The van der Waals surface area contributed by atoms with Gasteiger partial charge in [0.15, 0.2) is 11.6 Å². The van der Waals surface area contributed by atoms with Crippen LogP contribution in [-0.4, -0.2) is 35.9 Å². The van der Waals surface area contributed by atoms with Crippen molar-refractivity contribution in [2.45, 2.75) is 11.1 Å². The highest BCUT2D eigenvalue weighted by atomic mass is 35.5. The number of carboxylic acids is 1. The molecule has 0 unspecified atom stereocenters. The maximum absolute atomic E-state index is 14.8. The van der Waals surface area contributed by atoms with E-state index < -0.39 is 28.0 Å². The number of alkyl halides is 3. The molecule has 0 saturated heterocycles. The van der Waals surface area contributed by atoms with Crippen molar-refractivity contribution in [3.8, 4) is 11.1 Å². The number of carbonyl (C=O) groups is 1. The summed E-state index contributed by atoms with van der Waals surface area (Å²) in [5, 5.41) is 14.1. The minimum Gasteiger partial charge on any atom is -0.475 e. The Kier molecular flexibility index (Phi) is 7.22. The van der Waals surface area contributed by atoms with Crippen LogP contribution in [0, 0.1) is 5.82 Å². The summed E-state index contributed by atoms with van der Waals surface area (Å²) in [5.41, 5.74) is 7.16. The van der Waals surface area contributed by atoms with Crippen LogP contribution in [0.3, 0.4) is 0 Å². The van der Waals surface area contributed by atoms with Crippen molar-refractivity contribution >= 4 is 50.0 Å². The van der Waals surface area contributed by atoms with Crippen LogP contribution in [0.15, 0.2) is 65.6 Å². The van der Waals surface area contributed by atoms with Crippen LogP contribution in [0.2, 0.25) is 5.02 Å². The Hall–Kier alpha value is -3.84. The summed E-state index contributed by atoms with van der Waals surface area (Å²) in [6.07, 6.45) is -5.08. The molecule has 8 nitrogen and oxygen atoms in total. The number of aliphatic carboxylic acids is 1. The number of hydrogen-bond donors (Lipinski definition) is 4. The SMILES string of the molecule is Nc1n[nH]c2c(F)c(-c3ccc(NS(=O)(=O)c4ccccc4Cl)cc3)ccc12.O=C(O)C(F)(F)F. The van der Waals surface area contributed by atoms with Crippen molar-refractivity contribution in [1.29, 1.82) is 0 Å². The fourth-order valence-corrected chi connectivity index (χ4v) is 4.47. The van der Waals surface area contributed by atoms with Gasteiger partial charge in [0.1, 0.15) is 10.4 Å². The average molecular weight is 531 g/mol. The smallest absolute Gasteiger partial charge is 0.475 e. The number of aromatic nitrogens is 2. The van der Waals surface area contributed by atoms with Crippen molar-refractivity contribution in [1.82, 2.24) is 10.2 Å². The number of fused-ring (bicyclic) bond motifs is 1. The van der Waals surface area contributed by atoms with Gasteiger partial charge >= 0.3 is 12.1 Å². The van der Waals surface area contributed by atoms with E-state index in [0.717, 1.165) is 0 Å². The summed E-state index contributed by atoms with van der Waals surface area (Å²) in [6, 6.07) is 15.8. The first kappa shape index (κ1) is 25.8. The summed E-state index contributed by atoms with van der Waals surface area (Å²) in [4.78, 5) is 8.88. The summed E-state index contributed by atoms with van der Waals surface area (Å²) in [6.45, 7) is 0. The molecule has 35 heavy (non-hydrogen) atoms. The van der Waals surface area contributed by atoms with Crippen LogP contribution in [0.4, 0.5) is 29.1 Å². The zero-order valence-corrected chi connectivity index (χ0v) is 18.8. The summed E-state index contributed by atoms with van der Waals surface area (Å²) >= 11 is 5.97. The number of anilines is 2. The summed E-state index contributed by atoms with van der Waals surface area (Å²) < 4.78 is 74.0. The third kappa shape index (κ3) is 5.81. The number of hydrogen-bond acceptors (Lipinski definition) is 5. The monoisotopic (exact) mass is 530 g/mol. The van der Waals surface area contributed by atoms with Crippen molar-refractivity contribution < 1.29 is 35.9 Å². The van der Waals surface area contributed by atoms with Crippen molar-refractivity contribution in [2.24, 2.45) is 0 Å². The molecule has 0 aliphatic carbocycles. The number of H-pyrrole nitrogens is 1. The average Bonchev–Trinajstić information content (AvgIpc) is 3.16. The minimum absolute atomic E-state index is 0.0194. The van der Waals surface area contributed by atoms with E-state index in [1.165, 1.54) is 12.1 Å². The Morgan fingerprint density at radius 2 is 1.66 bits per heavy atom. The Morgan fingerprint density at radius 1 is 1.06 bits per heavy atom. The second kappa shape index (κ2) is 9.80. The van der Waals surface area contributed by atoms with Crippen LogP contribution >= 0.6 is 11.6 Å². The third-order valence-corrected chi connectivity index (χ3v) is 6.40. The lowest BCUT2D eigenvalue weighted by Crippen LogP contribution is -2.21. The van der Waals surface area contributed by atoms with Gasteiger partial charge in [-0.1, -0.05) is 41.9 Å². The molecule has 0 atom stereocenters. The molecular weight excluding hydrogens is 516 g/mol. The Morgan fingerprint density at radius 3 is 2.23 bits per heavy atom. The summed E-state index contributed by atoms with van der Waals surface area (Å²) in [7, 11) is -3.84. The van der Waals surface area contributed by atoms with Crippen molar-refractivity contribution in [3.63, 3.8) is 0 Å². The standard InChI is InChI=1S/C19H14ClFN4O2S.C2HF3O2/c20-15-3-1-2-4-16(15)28(26,27)25-12-7-5-11(6-8-12)13-9-10-14-18(17(13)21)23-24-19(14)22;3-2(4,5)1(6)7/h1-10,25H,(H3,22,23,24);(H,6,7). The first-order valence-electron chi connectivity index (χ1n) is 9.41. The van der Waals surface area contributed by atoms with Gasteiger partial charge in [-0.05, 0) is 35.9 Å². The quantitative estimate of drug-likeness (QED) is 0.273. The Balaban J connectivity index is 0.000000429. The van der Waals surface area contributed by atoms with E-state index >= 15 is 0 Å². The molecule has 0 amide bonds. The van der Waals surface area contributed by atoms with Gasteiger partial charge in [0.25, 0.3) is 10.0 Å². The fourth-order valence-electron chi connectivity index (χ4n) is 2.89. The highest BCUT2D eigenvalue weighted by molar-refractivity contribution is 7.92. The zero-order chi connectivity index (χ0) is 26.0. The van der Waals surface area contributed by atoms with Crippen LogP contribution in [0.25, 0.3) is 22.0 Å². The van der Waals surface area contributed by atoms with Crippen LogP contribution in [0.5, 0.6) is 0 Å². The lowest BCUT2D eigenvalue weighted by molar-refractivity contribution is -0.192. The molecule has 5 N–H and O–H groups in total. The van der Waals surface area contributed by atoms with Gasteiger partial charge in [-0.15, -0.1) is 0 Å². The fraction of sp³-hybridized carbons (Fsp3) is 0.0476. The highest BCUT2D eigenvalue weighted by Gasteiger charge is 2.38. The molecule has 0 fully saturated rings. The second-order valence-electron chi connectivity index (χ2n) is 6.87. The molecule has 0 aliphatic heterocycles. The topological polar surface area (TPSA) is 138 Å². The number of nitrogens with zero attached hydrogens (tertiary/aromatic N) is 1. The lowest BCUT2D eigenvalue weighted by Gasteiger charge is -2.10. The molecule has 4 aromatic rings. The van der Waals surface area contributed by atoms with Gasteiger partial charge < -0.3 is 10.8 Å². The molecule has 184 valence electrons.